The molecule has 42 heavy (non-hydrogen) atoms. The first-order valence-corrected chi connectivity index (χ1v) is 14.7. The molecule has 5 aromatic rings. The lowest BCUT2D eigenvalue weighted by Gasteiger charge is -2.09. The Morgan fingerprint density at radius 1 is 0.881 bits per heavy atom. The second-order valence-electron chi connectivity index (χ2n) is 9.42. The summed E-state index contributed by atoms with van der Waals surface area (Å²) in [5.41, 5.74) is 6.26. The number of rotatable bonds is 7. The van der Waals surface area contributed by atoms with Crippen molar-refractivity contribution in [1.29, 1.82) is 0 Å². The van der Waals surface area contributed by atoms with Crippen LogP contribution in [-0.4, -0.2) is 24.0 Å². The number of anilines is 1. The number of benzene rings is 4. The van der Waals surface area contributed by atoms with E-state index in [9.17, 15) is 14.4 Å². The van der Waals surface area contributed by atoms with Gasteiger partial charge in [-0.1, -0.05) is 57.4 Å². The smallest absolute Gasteiger partial charge is 0.343 e. The van der Waals surface area contributed by atoms with Crippen LogP contribution in [0.15, 0.2) is 94.5 Å². The highest BCUT2D eigenvalue weighted by atomic mass is 79.9. The van der Waals surface area contributed by atoms with Gasteiger partial charge in [0.1, 0.15) is 10.6 Å². The predicted octanol–water partition coefficient (Wildman–Crippen LogP) is 8.17. The number of aryl methyl sites for hydroxylation is 2. The molecule has 1 heterocycles. The maximum Gasteiger partial charge on any atom is 0.343 e. The van der Waals surface area contributed by atoms with E-state index in [4.69, 9.17) is 16.3 Å². The molecule has 2 N–H and O–H groups in total. The molecule has 0 aliphatic heterocycles. The van der Waals surface area contributed by atoms with Gasteiger partial charge in [0.25, 0.3) is 11.8 Å². The van der Waals surface area contributed by atoms with Gasteiger partial charge in [-0.2, -0.15) is 5.10 Å². The Hall–Kier alpha value is -4.31. The quantitative estimate of drug-likeness (QED) is 0.0797. The fraction of sp³-hybridized carbons (Fsp3) is 0.0625. The molecule has 7 nitrogen and oxygen atoms in total. The van der Waals surface area contributed by atoms with Crippen molar-refractivity contribution in [3.8, 4) is 5.75 Å². The lowest BCUT2D eigenvalue weighted by molar-refractivity contribution is 0.0733. The number of hydrazone groups is 1. The first-order valence-electron chi connectivity index (χ1n) is 12.7. The molecule has 0 unspecified atom stereocenters. The van der Waals surface area contributed by atoms with E-state index < -0.39 is 11.9 Å². The molecular weight excluding hydrogens is 638 g/mol. The molecule has 10 heteroatoms. The van der Waals surface area contributed by atoms with Gasteiger partial charge >= 0.3 is 5.97 Å². The predicted molar refractivity (Wildman–Crippen MR) is 171 cm³/mol. The van der Waals surface area contributed by atoms with Crippen LogP contribution in [0, 0.1) is 13.8 Å². The van der Waals surface area contributed by atoms with Gasteiger partial charge in [0.2, 0.25) is 0 Å². The fourth-order valence-corrected chi connectivity index (χ4v) is 5.97. The third-order valence-corrected chi connectivity index (χ3v) is 8.34. The Bertz CT molecular complexity index is 1870. The van der Waals surface area contributed by atoms with Crippen molar-refractivity contribution in [2.24, 2.45) is 5.10 Å². The van der Waals surface area contributed by atoms with Crippen molar-refractivity contribution >= 4 is 78.6 Å². The van der Waals surface area contributed by atoms with Gasteiger partial charge in [-0.15, -0.1) is 11.3 Å². The Labute approximate surface area is 259 Å². The summed E-state index contributed by atoms with van der Waals surface area (Å²) in [6.45, 7) is 3.88. The van der Waals surface area contributed by atoms with Crippen molar-refractivity contribution in [3.05, 3.63) is 127 Å². The Morgan fingerprint density at radius 2 is 1.64 bits per heavy atom. The average Bonchev–Trinajstić information content (AvgIpc) is 3.30. The third-order valence-electron chi connectivity index (χ3n) is 6.19. The molecule has 0 fully saturated rings. The summed E-state index contributed by atoms with van der Waals surface area (Å²) < 4.78 is 7.27. The van der Waals surface area contributed by atoms with Crippen molar-refractivity contribution in [2.45, 2.75) is 13.8 Å². The molecule has 1 aromatic heterocycles. The van der Waals surface area contributed by atoms with E-state index in [-0.39, 0.29) is 11.7 Å². The van der Waals surface area contributed by atoms with E-state index in [0.717, 1.165) is 25.7 Å². The molecule has 0 bridgehead atoms. The molecule has 0 aliphatic rings. The summed E-state index contributed by atoms with van der Waals surface area (Å²) in [5, 5.41) is 8.12. The molecule has 0 saturated carbocycles. The first kappa shape index (κ1) is 29.2. The standard InChI is InChI=1S/C32H23BrClN3O4S/c1-18-4-3-5-21(14-18)32(40)41-26-13-9-23(33)16-22(26)17-35-37-30(38)20-7-10-24(11-8-20)36-31(39)29-28(34)25-12-6-19(2)15-27(25)42-29/h3-17H,1-2H3,(H,36,39)(H,37,38)/b35-17-. The Balaban J connectivity index is 1.22. The average molecular weight is 661 g/mol. The molecule has 0 atom stereocenters. The molecule has 0 saturated heterocycles. The molecule has 5 rings (SSSR count). The van der Waals surface area contributed by atoms with Crippen LogP contribution in [0.5, 0.6) is 5.75 Å². The SMILES string of the molecule is Cc1cccc(C(=O)Oc2ccc(Br)cc2/C=N\NC(=O)c2ccc(NC(=O)c3sc4cc(C)ccc4c3Cl)cc2)c1. The van der Waals surface area contributed by atoms with E-state index in [1.807, 2.05) is 38.1 Å². The number of nitrogens with zero attached hydrogens (tertiary/aromatic N) is 1. The van der Waals surface area contributed by atoms with Crippen LogP contribution in [0.2, 0.25) is 5.02 Å². The summed E-state index contributed by atoms with van der Waals surface area (Å²) in [6, 6.07) is 24.5. The number of amides is 2. The molecule has 2 amide bonds. The van der Waals surface area contributed by atoms with Gasteiger partial charge in [-0.25, -0.2) is 10.2 Å². The van der Waals surface area contributed by atoms with Crippen LogP contribution in [0.25, 0.3) is 10.1 Å². The van der Waals surface area contributed by atoms with Gasteiger partial charge in [-0.05, 0) is 80.1 Å². The van der Waals surface area contributed by atoms with Gasteiger partial charge in [-0.3, -0.25) is 9.59 Å². The van der Waals surface area contributed by atoms with E-state index in [0.29, 0.717) is 32.3 Å². The summed E-state index contributed by atoms with van der Waals surface area (Å²) in [6.07, 6.45) is 1.40. The number of thiophene rings is 1. The normalized spacial score (nSPS) is 11.0. The van der Waals surface area contributed by atoms with Gasteiger partial charge < -0.3 is 10.1 Å². The van der Waals surface area contributed by atoms with Crippen LogP contribution in [-0.2, 0) is 0 Å². The van der Waals surface area contributed by atoms with Crippen LogP contribution in [0.1, 0.15) is 47.1 Å². The monoisotopic (exact) mass is 659 g/mol. The second-order valence-corrected chi connectivity index (χ2v) is 11.8. The number of carbonyl (C=O) groups is 3. The Kier molecular flexibility index (Phi) is 8.82. The van der Waals surface area contributed by atoms with Crippen LogP contribution >= 0.6 is 38.9 Å². The fourth-order valence-electron chi connectivity index (χ4n) is 4.08. The number of ether oxygens (including phenoxy) is 1. The lowest BCUT2D eigenvalue weighted by Crippen LogP contribution is -2.18. The van der Waals surface area contributed by atoms with E-state index >= 15 is 0 Å². The highest BCUT2D eigenvalue weighted by Gasteiger charge is 2.18. The van der Waals surface area contributed by atoms with Crippen LogP contribution < -0.4 is 15.5 Å². The lowest BCUT2D eigenvalue weighted by atomic mass is 10.1. The molecule has 4 aromatic carbocycles. The number of halogens is 2. The minimum atomic E-state index is -0.503. The number of hydrogen-bond acceptors (Lipinski definition) is 6. The zero-order chi connectivity index (χ0) is 29.8. The summed E-state index contributed by atoms with van der Waals surface area (Å²) in [4.78, 5) is 38.6. The minimum absolute atomic E-state index is 0.289. The van der Waals surface area contributed by atoms with E-state index in [1.54, 1.807) is 60.7 Å². The molecule has 0 radical (unpaired) electrons. The molecule has 210 valence electrons. The highest BCUT2D eigenvalue weighted by molar-refractivity contribution is 9.10. The zero-order valence-corrected chi connectivity index (χ0v) is 25.6. The topological polar surface area (TPSA) is 96.9 Å². The first-order chi connectivity index (χ1) is 20.2. The van der Waals surface area contributed by atoms with Gasteiger partial charge in [0.05, 0.1) is 16.8 Å². The van der Waals surface area contributed by atoms with Gasteiger partial charge in [0.15, 0.2) is 0 Å². The largest absolute Gasteiger partial charge is 0.422 e. The second kappa shape index (κ2) is 12.7. The van der Waals surface area contributed by atoms with Gasteiger partial charge in [0, 0.05) is 31.4 Å². The summed E-state index contributed by atoms with van der Waals surface area (Å²) in [5.74, 6) is -0.998. The number of esters is 1. The number of hydrogen-bond donors (Lipinski definition) is 2. The van der Waals surface area contributed by atoms with Crippen LogP contribution in [0.4, 0.5) is 5.69 Å². The minimum Gasteiger partial charge on any atom is -0.422 e. The number of carbonyl (C=O) groups excluding carboxylic acids is 3. The summed E-state index contributed by atoms with van der Waals surface area (Å²) in [7, 11) is 0. The van der Waals surface area contributed by atoms with Crippen LogP contribution in [0.3, 0.4) is 0 Å². The van der Waals surface area contributed by atoms with Crippen molar-refractivity contribution < 1.29 is 19.1 Å². The van der Waals surface area contributed by atoms with Crippen molar-refractivity contribution in [3.63, 3.8) is 0 Å². The zero-order valence-electron chi connectivity index (χ0n) is 22.4. The summed E-state index contributed by atoms with van der Waals surface area (Å²) >= 11 is 11.2. The number of fused-ring (bicyclic) bond motifs is 1. The number of nitrogens with one attached hydrogen (secondary N) is 2. The maximum absolute atomic E-state index is 12.9. The maximum atomic E-state index is 12.9. The van der Waals surface area contributed by atoms with E-state index in [2.05, 4.69) is 31.8 Å². The molecule has 0 spiro atoms. The molecular formula is C32H23BrClN3O4S. The molecule has 0 aliphatic carbocycles. The Morgan fingerprint density at radius 3 is 2.40 bits per heavy atom. The van der Waals surface area contributed by atoms with Crippen molar-refractivity contribution in [2.75, 3.05) is 5.32 Å². The van der Waals surface area contributed by atoms with E-state index in [1.165, 1.54) is 17.6 Å². The van der Waals surface area contributed by atoms with Crippen molar-refractivity contribution in [1.82, 2.24) is 5.43 Å². The third kappa shape index (κ3) is 6.76. The highest BCUT2D eigenvalue weighted by Crippen LogP contribution is 2.36.